The maximum absolute atomic E-state index is 5.97. The molecule has 41 heavy (non-hydrogen) atoms. The smallest absolute Gasteiger partial charge is 0.254 e. The Balaban J connectivity index is 7.19. The molecular weight excluding hydrogens is 611 g/mol. The fourth-order valence-corrected chi connectivity index (χ4v) is 4.99. The van der Waals surface area contributed by atoms with Crippen molar-refractivity contribution in [3.63, 3.8) is 0 Å². The van der Waals surface area contributed by atoms with Crippen LogP contribution in [0, 0.1) is 0 Å². The van der Waals surface area contributed by atoms with Crippen molar-refractivity contribution in [2.45, 2.75) is 80.6 Å². The molecule has 0 unspecified atom stereocenters. The van der Waals surface area contributed by atoms with Crippen molar-refractivity contribution >= 4 is 58.3 Å². The molecule has 0 spiro atoms. The van der Waals surface area contributed by atoms with E-state index in [1.165, 1.54) is 0 Å². The van der Waals surface area contributed by atoms with Gasteiger partial charge in [-0.2, -0.15) is 0 Å². The van der Waals surface area contributed by atoms with Crippen LogP contribution in [0.2, 0.25) is 0 Å². The maximum atomic E-state index is 5.97. The Bertz CT molecular complexity index is 598. The molecule has 15 heteroatoms. The average Bonchev–Trinajstić information content (AvgIpc) is 2.89. The van der Waals surface area contributed by atoms with Gasteiger partial charge in [-0.1, -0.05) is 25.3 Å². The third-order valence-electron chi connectivity index (χ3n) is 5.78. The van der Waals surface area contributed by atoms with E-state index in [4.69, 9.17) is 87.6 Å². The highest BCUT2D eigenvalue weighted by Crippen LogP contribution is 2.24. The van der Waals surface area contributed by atoms with Crippen molar-refractivity contribution in [1.29, 1.82) is 0 Å². The Morgan fingerprint density at radius 1 is 0.463 bits per heavy atom. The third-order valence-corrected chi connectivity index (χ3v) is 7.24. The molecule has 0 aromatic heterocycles. The zero-order valence-electron chi connectivity index (χ0n) is 26.2. The molecule has 1 N–H and O–H groups in total. The molecule has 11 nitrogen and oxygen atoms in total. The lowest BCUT2D eigenvalue weighted by atomic mass is 10.4. The maximum Gasteiger partial charge on any atom is 0.254 e. The summed E-state index contributed by atoms with van der Waals surface area (Å²) in [6, 6.07) is 0. The number of thiol groups is 2. The first-order chi connectivity index (χ1) is 19.6. The Kier molecular flexibility index (Phi) is 24.0. The number of rotatable bonds is 26. The van der Waals surface area contributed by atoms with Gasteiger partial charge < -0.3 is 37.9 Å². The standard InChI is InChI=1S/C26H53N3O8S4/c1-9-30-21(31-10-2)17-28(25(38)39,18-22(32-11-3)33-12-4)27-29(26(40)41,19-23(34-13-5)35-14-6)20-24(36-15-7)37-16-8/h21-24,27H,9-20H2,1-8H3/p+2. The minimum Gasteiger partial charge on any atom is -0.348 e. The molecular formula is C26H55N3O8S4+2. The molecule has 0 fully saturated rings. The number of hydrogen-bond acceptors (Lipinski definition) is 11. The monoisotopic (exact) mass is 665 g/mol. The van der Waals surface area contributed by atoms with Gasteiger partial charge in [-0.15, -0.1) is 9.18 Å². The number of nitrogens with zero attached hydrogens (tertiary/aromatic N) is 2. The van der Waals surface area contributed by atoms with Crippen LogP contribution < -0.4 is 5.53 Å². The van der Waals surface area contributed by atoms with Crippen LogP contribution in [0.4, 0.5) is 0 Å². The van der Waals surface area contributed by atoms with E-state index in [2.05, 4.69) is 5.53 Å². The molecule has 0 bridgehead atoms. The van der Waals surface area contributed by atoms with Crippen molar-refractivity contribution in [1.82, 2.24) is 5.53 Å². The Hall–Kier alpha value is 0.440. The summed E-state index contributed by atoms with van der Waals surface area (Å²) in [4.78, 5) is 0. The van der Waals surface area contributed by atoms with Crippen LogP contribution in [0.5, 0.6) is 0 Å². The van der Waals surface area contributed by atoms with Gasteiger partial charge in [0.15, 0.2) is 26.2 Å². The Morgan fingerprint density at radius 2 is 0.634 bits per heavy atom. The zero-order chi connectivity index (χ0) is 31.3. The van der Waals surface area contributed by atoms with Gasteiger partial charge in [0, 0.05) is 58.4 Å². The van der Waals surface area contributed by atoms with E-state index in [9.17, 15) is 0 Å². The molecule has 0 aliphatic heterocycles. The van der Waals surface area contributed by atoms with Crippen molar-refractivity contribution in [3.8, 4) is 0 Å². The molecule has 0 aromatic rings. The van der Waals surface area contributed by atoms with E-state index in [1.807, 2.05) is 55.4 Å². The van der Waals surface area contributed by atoms with Crippen molar-refractivity contribution in [2.75, 3.05) is 79.0 Å². The largest absolute Gasteiger partial charge is 0.348 e. The SMILES string of the molecule is CCOC(C[N+](CC(OCC)OCC)(N[N+](CC(OCC)OCC)(CC(OCC)OCC)C(=S)S)C(=S)S)OCC. The Morgan fingerprint density at radius 3 is 0.756 bits per heavy atom. The van der Waals surface area contributed by atoms with Crippen LogP contribution in [0.3, 0.4) is 0 Å². The lowest BCUT2D eigenvalue weighted by molar-refractivity contribution is -1.09. The van der Waals surface area contributed by atoms with Gasteiger partial charge in [-0.3, -0.25) is 0 Å². The van der Waals surface area contributed by atoms with Gasteiger partial charge in [-0.25, -0.2) is 0 Å². The third kappa shape index (κ3) is 15.3. The van der Waals surface area contributed by atoms with Crippen LogP contribution in [-0.4, -0.2) is 122 Å². The summed E-state index contributed by atoms with van der Waals surface area (Å²) in [5, 5.41) is 0. The van der Waals surface area contributed by atoms with Crippen LogP contribution in [0.25, 0.3) is 0 Å². The summed E-state index contributed by atoms with van der Waals surface area (Å²) < 4.78 is 48.0. The molecule has 0 saturated heterocycles. The Labute approximate surface area is 269 Å². The van der Waals surface area contributed by atoms with Gasteiger partial charge in [0.05, 0.1) is 0 Å². The zero-order valence-corrected chi connectivity index (χ0v) is 29.6. The molecule has 0 amide bonds. The highest BCUT2D eigenvalue weighted by Gasteiger charge is 2.51. The van der Waals surface area contributed by atoms with Crippen molar-refractivity contribution < 1.29 is 47.1 Å². The van der Waals surface area contributed by atoms with Gasteiger partial charge >= 0.3 is 0 Å². The second-order valence-corrected chi connectivity index (χ2v) is 10.9. The molecule has 0 saturated carbocycles. The van der Waals surface area contributed by atoms with Crippen LogP contribution in [0.1, 0.15) is 55.4 Å². The van der Waals surface area contributed by atoms with Crippen LogP contribution >= 0.6 is 49.7 Å². The summed E-state index contributed by atoms with van der Waals surface area (Å²) in [5.74, 6) is 0. The number of ether oxygens (including phenoxy) is 8. The molecule has 0 heterocycles. The quantitative estimate of drug-likeness (QED) is 0.0411. The van der Waals surface area contributed by atoms with Crippen LogP contribution in [0.15, 0.2) is 0 Å². The normalized spacial score (nSPS) is 12.8. The minimum absolute atomic E-state index is 0.148. The molecule has 0 aliphatic rings. The summed E-state index contributed by atoms with van der Waals surface area (Å²) in [6.45, 7) is 19.6. The molecule has 0 rings (SSSR count). The second-order valence-electron chi connectivity index (χ2n) is 8.69. The van der Waals surface area contributed by atoms with E-state index in [0.717, 1.165) is 0 Å². The van der Waals surface area contributed by atoms with E-state index in [-0.39, 0.29) is 35.4 Å². The van der Waals surface area contributed by atoms with Crippen molar-refractivity contribution in [2.24, 2.45) is 0 Å². The van der Waals surface area contributed by atoms with E-state index in [1.54, 1.807) is 0 Å². The molecule has 0 aliphatic carbocycles. The van der Waals surface area contributed by atoms with Crippen LogP contribution in [-0.2, 0) is 37.9 Å². The van der Waals surface area contributed by atoms with E-state index < -0.39 is 25.2 Å². The molecule has 0 aromatic carbocycles. The first-order valence-corrected chi connectivity index (χ1v) is 16.2. The minimum atomic E-state index is -0.633. The number of quaternary nitrogens is 2. The lowest BCUT2D eigenvalue weighted by Gasteiger charge is -2.46. The molecule has 0 atom stereocenters. The highest BCUT2D eigenvalue weighted by atomic mass is 32.1. The van der Waals surface area contributed by atoms with Gasteiger partial charge in [-0.05, 0) is 79.8 Å². The predicted octanol–water partition coefficient (Wildman–Crippen LogP) is 4.07. The summed E-state index contributed by atoms with van der Waals surface area (Å²) >= 11 is 21.2. The number of hydrogen-bond donors (Lipinski definition) is 3. The number of thiocarbonyl (C=S) groups is 2. The summed E-state index contributed by atoms with van der Waals surface area (Å²) in [6.07, 6.45) is -2.53. The fraction of sp³-hybridized carbons (Fsp3) is 0.923. The first-order valence-electron chi connectivity index (χ1n) is 14.5. The molecule has 244 valence electrons. The predicted molar refractivity (Wildman–Crippen MR) is 174 cm³/mol. The van der Waals surface area contributed by atoms with Gasteiger partial charge in [0.1, 0.15) is 0 Å². The topological polar surface area (TPSA) is 85.9 Å². The first kappa shape index (κ1) is 41.4. The van der Waals surface area contributed by atoms with Crippen molar-refractivity contribution in [3.05, 3.63) is 0 Å². The average molecular weight is 666 g/mol. The number of nitrogens with one attached hydrogen (secondary N) is 1. The fourth-order valence-electron chi connectivity index (χ4n) is 4.20. The molecule has 0 radical (unpaired) electrons. The van der Waals surface area contributed by atoms with Gasteiger partial charge in [0.2, 0.25) is 25.2 Å². The summed E-state index contributed by atoms with van der Waals surface area (Å²) in [7, 11) is 0. The van der Waals surface area contributed by atoms with Gasteiger partial charge in [0.25, 0.3) is 8.64 Å². The van der Waals surface area contributed by atoms with E-state index >= 15 is 0 Å². The lowest BCUT2D eigenvalue weighted by Crippen LogP contribution is -2.79. The van der Waals surface area contributed by atoms with E-state index in [0.29, 0.717) is 61.5 Å². The highest BCUT2D eigenvalue weighted by molar-refractivity contribution is 8.10. The second kappa shape index (κ2) is 23.8. The summed E-state index contributed by atoms with van der Waals surface area (Å²) in [5.41, 5.74) is 3.67.